The molecular formula is C10H18N2O4. The summed E-state index contributed by atoms with van der Waals surface area (Å²) in [5.41, 5.74) is 0. The molecule has 1 amide bonds. The van der Waals surface area contributed by atoms with Gasteiger partial charge in [-0.3, -0.25) is 9.59 Å². The van der Waals surface area contributed by atoms with E-state index >= 15 is 0 Å². The third-order valence-corrected chi connectivity index (χ3v) is 2.76. The van der Waals surface area contributed by atoms with E-state index in [1.165, 1.54) is 4.90 Å². The van der Waals surface area contributed by atoms with Gasteiger partial charge in [0.25, 0.3) is 0 Å². The lowest BCUT2D eigenvalue weighted by atomic mass is 10.2. The van der Waals surface area contributed by atoms with Crippen molar-refractivity contribution in [2.45, 2.75) is 25.0 Å². The van der Waals surface area contributed by atoms with Gasteiger partial charge in [0, 0.05) is 27.2 Å². The first-order valence-electron chi connectivity index (χ1n) is 5.27. The van der Waals surface area contributed by atoms with E-state index in [0.29, 0.717) is 13.0 Å². The zero-order valence-corrected chi connectivity index (χ0v) is 9.60. The Hall–Kier alpha value is -1.14. The molecule has 0 spiro atoms. The van der Waals surface area contributed by atoms with Gasteiger partial charge in [0.05, 0.1) is 18.6 Å². The third kappa shape index (κ3) is 3.46. The molecule has 16 heavy (non-hydrogen) atoms. The minimum absolute atomic E-state index is 0.0251. The Bertz CT molecular complexity index is 270. The minimum Gasteiger partial charge on any atom is -0.481 e. The Morgan fingerprint density at radius 2 is 2.25 bits per heavy atom. The molecule has 6 heteroatoms. The van der Waals surface area contributed by atoms with E-state index in [0.717, 1.165) is 0 Å². The van der Waals surface area contributed by atoms with Crippen LogP contribution in [0.3, 0.4) is 0 Å². The monoisotopic (exact) mass is 230 g/mol. The number of carbonyl (C=O) groups excluding carboxylic acids is 1. The van der Waals surface area contributed by atoms with E-state index in [-0.39, 0.29) is 31.0 Å². The lowest BCUT2D eigenvalue weighted by Crippen LogP contribution is -2.42. The van der Waals surface area contributed by atoms with E-state index in [4.69, 9.17) is 9.84 Å². The predicted molar refractivity (Wildman–Crippen MR) is 57.1 cm³/mol. The second kappa shape index (κ2) is 5.81. The van der Waals surface area contributed by atoms with Gasteiger partial charge >= 0.3 is 5.97 Å². The van der Waals surface area contributed by atoms with Crippen LogP contribution in [0.5, 0.6) is 0 Å². The molecular weight excluding hydrogens is 212 g/mol. The SMILES string of the molecule is COC1CNC(C(=O)N(C)CCC(=O)O)C1. The van der Waals surface area contributed by atoms with Crippen molar-refractivity contribution in [1.82, 2.24) is 10.2 Å². The number of methoxy groups -OCH3 is 1. The van der Waals surface area contributed by atoms with E-state index in [2.05, 4.69) is 5.32 Å². The maximum absolute atomic E-state index is 11.8. The Balaban J connectivity index is 2.36. The van der Waals surface area contributed by atoms with Crippen LogP contribution in [0.25, 0.3) is 0 Å². The number of rotatable bonds is 5. The number of carboxylic acid groups (broad SMARTS) is 1. The molecule has 0 aliphatic carbocycles. The van der Waals surface area contributed by atoms with Gasteiger partial charge in [-0.05, 0) is 6.42 Å². The zero-order chi connectivity index (χ0) is 12.1. The van der Waals surface area contributed by atoms with Crippen molar-refractivity contribution < 1.29 is 19.4 Å². The van der Waals surface area contributed by atoms with Crippen molar-refractivity contribution in [3.63, 3.8) is 0 Å². The highest BCUT2D eigenvalue weighted by Crippen LogP contribution is 2.11. The van der Waals surface area contributed by atoms with E-state index in [9.17, 15) is 9.59 Å². The Morgan fingerprint density at radius 1 is 1.56 bits per heavy atom. The van der Waals surface area contributed by atoms with Gasteiger partial charge in [-0.1, -0.05) is 0 Å². The van der Waals surface area contributed by atoms with Gasteiger partial charge in [0.2, 0.25) is 5.91 Å². The largest absolute Gasteiger partial charge is 0.481 e. The average Bonchev–Trinajstić information content (AvgIpc) is 2.73. The minimum atomic E-state index is -0.895. The quantitative estimate of drug-likeness (QED) is 0.652. The standard InChI is InChI=1S/C10H18N2O4/c1-12(4-3-9(13)14)10(15)8-5-7(16-2)6-11-8/h7-8,11H,3-6H2,1-2H3,(H,13,14). The summed E-state index contributed by atoms with van der Waals surface area (Å²) < 4.78 is 5.14. The number of ether oxygens (including phenoxy) is 1. The first kappa shape index (κ1) is 12.9. The van der Waals surface area contributed by atoms with Crippen LogP contribution in [-0.4, -0.2) is 61.3 Å². The lowest BCUT2D eigenvalue weighted by molar-refractivity contribution is -0.138. The second-order valence-electron chi connectivity index (χ2n) is 3.96. The van der Waals surface area contributed by atoms with Crippen molar-refractivity contribution in [2.24, 2.45) is 0 Å². The first-order chi connectivity index (χ1) is 7.54. The van der Waals surface area contributed by atoms with Crippen molar-refractivity contribution in [1.29, 1.82) is 0 Å². The van der Waals surface area contributed by atoms with Crippen LogP contribution in [0.2, 0.25) is 0 Å². The van der Waals surface area contributed by atoms with Gasteiger partial charge in [0.15, 0.2) is 0 Å². The lowest BCUT2D eigenvalue weighted by Gasteiger charge is -2.20. The third-order valence-electron chi connectivity index (χ3n) is 2.76. The highest BCUT2D eigenvalue weighted by Gasteiger charge is 2.31. The molecule has 0 aromatic carbocycles. The van der Waals surface area contributed by atoms with Crippen LogP contribution in [0, 0.1) is 0 Å². The second-order valence-corrected chi connectivity index (χ2v) is 3.96. The molecule has 6 nitrogen and oxygen atoms in total. The highest BCUT2D eigenvalue weighted by molar-refractivity contribution is 5.82. The van der Waals surface area contributed by atoms with E-state index in [1.54, 1.807) is 14.2 Å². The molecule has 0 aromatic rings. The number of nitrogens with one attached hydrogen (secondary N) is 1. The van der Waals surface area contributed by atoms with Crippen LogP contribution >= 0.6 is 0 Å². The summed E-state index contributed by atoms with van der Waals surface area (Å²) >= 11 is 0. The maximum Gasteiger partial charge on any atom is 0.305 e. The Morgan fingerprint density at radius 3 is 2.75 bits per heavy atom. The summed E-state index contributed by atoms with van der Waals surface area (Å²) in [5, 5.41) is 11.6. The molecule has 2 N–H and O–H groups in total. The number of nitrogens with zero attached hydrogens (tertiary/aromatic N) is 1. The molecule has 1 saturated heterocycles. The van der Waals surface area contributed by atoms with Crippen molar-refractivity contribution in [3.05, 3.63) is 0 Å². The molecule has 1 aliphatic rings. The van der Waals surface area contributed by atoms with Gasteiger partial charge < -0.3 is 20.1 Å². The Kier molecular flexibility index (Phi) is 4.70. The molecule has 1 heterocycles. The number of carbonyl (C=O) groups is 2. The number of amides is 1. The number of carboxylic acids is 1. The highest BCUT2D eigenvalue weighted by atomic mass is 16.5. The van der Waals surface area contributed by atoms with Crippen molar-refractivity contribution in [2.75, 3.05) is 27.2 Å². The topological polar surface area (TPSA) is 78.9 Å². The van der Waals surface area contributed by atoms with Gasteiger partial charge in [0.1, 0.15) is 0 Å². The van der Waals surface area contributed by atoms with Crippen molar-refractivity contribution in [3.8, 4) is 0 Å². The smallest absolute Gasteiger partial charge is 0.305 e. The predicted octanol–water partition coefficient (Wildman–Crippen LogP) is -0.704. The summed E-state index contributed by atoms with van der Waals surface area (Å²) in [5.74, 6) is -0.963. The molecule has 0 saturated carbocycles. The van der Waals surface area contributed by atoms with Crippen LogP contribution in [0.4, 0.5) is 0 Å². The summed E-state index contributed by atoms with van der Waals surface area (Å²) in [4.78, 5) is 23.7. The number of aliphatic carboxylic acids is 1. The van der Waals surface area contributed by atoms with Gasteiger partial charge in [-0.15, -0.1) is 0 Å². The number of hydrogen-bond acceptors (Lipinski definition) is 4. The van der Waals surface area contributed by atoms with Crippen LogP contribution in [0.15, 0.2) is 0 Å². The Labute approximate surface area is 94.6 Å². The summed E-state index contributed by atoms with van der Waals surface area (Å²) in [6.07, 6.45) is 0.692. The molecule has 1 fully saturated rings. The maximum atomic E-state index is 11.8. The molecule has 92 valence electrons. The molecule has 2 atom stereocenters. The van der Waals surface area contributed by atoms with Gasteiger partial charge in [-0.2, -0.15) is 0 Å². The fraction of sp³-hybridized carbons (Fsp3) is 0.800. The van der Waals surface area contributed by atoms with Crippen LogP contribution < -0.4 is 5.32 Å². The summed E-state index contributed by atoms with van der Waals surface area (Å²) in [6, 6.07) is -0.247. The zero-order valence-electron chi connectivity index (χ0n) is 9.60. The van der Waals surface area contributed by atoms with Crippen molar-refractivity contribution >= 4 is 11.9 Å². The molecule has 0 aromatic heterocycles. The molecule has 0 radical (unpaired) electrons. The normalized spacial score (nSPS) is 24.4. The van der Waals surface area contributed by atoms with Crippen LogP contribution in [0.1, 0.15) is 12.8 Å². The first-order valence-corrected chi connectivity index (χ1v) is 5.27. The van der Waals surface area contributed by atoms with Crippen LogP contribution in [-0.2, 0) is 14.3 Å². The molecule has 1 rings (SSSR count). The van der Waals surface area contributed by atoms with Gasteiger partial charge in [-0.25, -0.2) is 0 Å². The molecule has 1 aliphatic heterocycles. The number of likely N-dealkylation sites (N-methyl/N-ethyl adjacent to an activating group) is 1. The summed E-state index contributed by atoms with van der Waals surface area (Å²) in [7, 11) is 3.24. The van der Waals surface area contributed by atoms with E-state index < -0.39 is 5.97 Å². The molecule has 0 bridgehead atoms. The fourth-order valence-corrected chi connectivity index (χ4v) is 1.71. The summed E-state index contributed by atoms with van der Waals surface area (Å²) in [6.45, 7) is 0.906. The van der Waals surface area contributed by atoms with E-state index in [1.807, 2.05) is 0 Å². The molecule has 2 unspecified atom stereocenters. The fourth-order valence-electron chi connectivity index (χ4n) is 1.71. The average molecular weight is 230 g/mol. The number of hydrogen-bond donors (Lipinski definition) is 2.